The Morgan fingerprint density at radius 2 is 1.93 bits per heavy atom. The molecule has 3 aromatic rings. The zero-order chi connectivity index (χ0) is 19.1. The van der Waals surface area contributed by atoms with Crippen molar-refractivity contribution in [3.63, 3.8) is 0 Å². The fraction of sp³-hybridized carbons (Fsp3) is 0.476. The zero-order valence-electron chi connectivity index (χ0n) is 16.0. The number of anilines is 1. The average molecular weight is 378 g/mol. The van der Waals surface area contributed by atoms with Crippen molar-refractivity contribution in [2.45, 2.75) is 51.1 Å². The molecule has 2 aromatic heterocycles. The maximum atomic E-state index is 12.0. The summed E-state index contributed by atoms with van der Waals surface area (Å²) in [6, 6.07) is 8.51. The van der Waals surface area contributed by atoms with Gasteiger partial charge in [0.05, 0.1) is 11.6 Å². The number of nitrogens with one attached hydrogen (secondary N) is 1. The lowest BCUT2D eigenvalue weighted by molar-refractivity contribution is -0.117. The minimum absolute atomic E-state index is 0.210. The summed E-state index contributed by atoms with van der Waals surface area (Å²) in [5.74, 6) is 0.823. The van der Waals surface area contributed by atoms with Gasteiger partial charge in [-0.15, -0.1) is 0 Å². The SMILES string of the molecule is NC1CCC(Cn2nc(-c3ccc(N4CCCC4=O)cc3)c3cn[nH]c32)CC1. The second kappa shape index (κ2) is 7.05. The highest BCUT2D eigenvalue weighted by Crippen LogP contribution is 2.31. The van der Waals surface area contributed by atoms with Gasteiger partial charge in [0.1, 0.15) is 5.69 Å². The van der Waals surface area contributed by atoms with Crippen molar-refractivity contribution in [1.29, 1.82) is 0 Å². The predicted octanol–water partition coefficient (Wildman–Crippen LogP) is 3.07. The molecular weight excluding hydrogens is 352 g/mol. The number of fused-ring (bicyclic) bond motifs is 1. The monoisotopic (exact) mass is 378 g/mol. The lowest BCUT2D eigenvalue weighted by atomic mass is 9.86. The molecule has 0 atom stereocenters. The van der Waals surface area contributed by atoms with E-state index >= 15 is 0 Å². The van der Waals surface area contributed by atoms with Gasteiger partial charge in [0.2, 0.25) is 5.91 Å². The highest BCUT2D eigenvalue weighted by atomic mass is 16.2. The Labute approximate surface area is 163 Å². The first-order valence-corrected chi connectivity index (χ1v) is 10.3. The van der Waals surface area contributed by atoms with Gasteiger partial charge in [-0.05, 0) is 50.2 Å². The van der Waals surface area contributed by atoms with E-state index in [0.717, 1.165) is 73.2 Å². The third kappa shape index (κ3) is 3.09. The number of H-pyrrole nitrogens is 1. The number of hydrogen-bond donors (Lipinski definition) is 2. The molecule has 1 saturated carbocycles. The van der Waals surface area contributed by atoms with Crippen LogP contribution in [-0.2, 0) is 11.3 Å². The van der Waals surface area contributed by atoms with E-state index in [-0.39, 0.29) is 5.91 Å². The molecule has 28 heavy (non-hydrogen) atoms. The number of aromatic nitrogens is 4. The van der Waals surface area contributed by atoms with Crippen molar-refractivity contribution in [3.8, 4) is 11.3 Å². The van der Waals surface area contributed by atoms with E-state index < -0.39 is 0 Å². The molecule has 0 unspecified atom stereocenters. The van der Waals surface area contributed by atoms with Crippen LogP contribution in [0.1, 0.15) is 38.5 Å². The first kappa shape index (κ1) is 17.4. The number of benzene rings is 1. The van der Waals surface area contributed by atoms with Crippen LogP contribution in [0.25, 0.3) is 22.3 Å². The third-order valence-corrected chi connectivity index (χ3v) is 6.20. The van der Waals surface area contributed by atoms with Crippen molar-refractivity contribution < 1.29 is 4.79 Å². The summed E-state index contributed by atoms with van der Waals surface area (Å²) in [6.07, 6.45) is 7.95. The van der Waals surface area contributed by atoms with Gasteiger partial charge in [0.25, 0.3) is 0 Å². The second-order valence-electron chi connectivity index (χ2n) is 8.14. The maximum Gasteiger partial charge on any atom is 0.227 e. The van der Waals surface area contributed by atoms with E-state index in [1.165, 1.54) is 0 Å². The highest BCUT2D eigenvalue weighted by Gasteiger charge is 2.23. The van der Waals surface area contributed by atoms with Gasteiger partial charge in [0, 0.05) is 36.8 Å². The molecule has 0 spiro atoms. The van der Waals surface area contributed by atoms with Gasteiger partial charge in [-0.1, -0.05) is 12.1 Å². The van der Waals surface area contributed by atoms with Crippen LogP contribution in [0, 0.1) is 5.92 Å². The van der Waals surface area contributed by atoms with Crippen LogP contribution in [0.2, 0.25) is 0 Å². The number of amides is 1. The molecule has 0 bridgehead atoms. The summed E-state index contributed by atoms with van der Waals surface area (Å²) in [6.45, 7) is 1.70. The normalized spacial score (nSPS) is 23.0. The van der Waals surface area contributed by atoms with Crippen LogP contribution < -0.4 is 10.6 Å². The average Bonchev–Trinajstić information content (AvgIpc) is 3.42. The molecule has 7 heteroatoms. The van der Waals surface area contributed by atoms with Crippen molar-refractivity contribution in [2.24, 2.45) is 11.7 Å². The van der Waals surface area contributed by atoms with Crippen LogP contribution in [0.5, 0.6) is 0 Å². The van der Waals surface area contributed by atoms with E-state index in [2.05, 4.69) is 27.0 Å². The van der Waals surface area contributed by atoms with E-state index in [1.54, 1.807) is 0 Å². The molecule has 1 saturated heterocycles. The van der Waals surface area contributed by atoms with Crippen molar-refractivity contribution >= 4 is 22.6 Å². The van der Waals surface area contributed by atoms with Crippen molar-refractivity contribution in [3.05, 3.63) is 30.5 Å². The van der Waals surface area contributed by atoms with E-state index in [0.29, 0.717) is 18.4 Å². The number of carbonyl (C=O) groups excluding carboxylic acids is 1. The standard InChI is InChI=1S/C21H26N6O/c22-16-7-3-14(4-8-16)13-27-21-18(12-23-24-21)20(25-27)15-5-9-17(10-6-15)26-11-1-2-19(26)28/h5-6,9-10,12,14,16H,1-4,7-8,11,13,22H2,(H,23,24). The lowest BCUT2D eigenvalue weighted by Crippen LogP contribution is -2.28. The molecule has 3 heterocycles. The maximum absolute atomic E-state index is 12.0. The Balaban J connectivity index is 1.41. The smallest absolute Gasteiger partial charge is 0.227 e. The predicted molar refractivity (Wildman–Crippen MR) is 109 cm³/mol. The number of aromatic amines is 1. The number of nitrogens with zero attached hydrogens (tertiary/aromatic N) is 4. The van der Waals surface area contributed by atoms with E-state index in [1.807, 2.05) is 23.2 Å². The van der Waals surface area contributed by atoms with Gasteiger partial charge in [-0.25, -0.2) is 4.68 Å². The number of rotatable bonds is 4. The largest absolute Gasteiger partial charge is 0.328 e. The van der Waals surface area contributed by atoms with E-state index in [4.69, 9.17) is 10.8 Å². The van der Waals surface area contributed by atoms with Crippen LogP contribution >= 0.6 is 0 Å². The Morgan fingerprint density at radius 3 is 2.64 bits per heavy atom. The summed E-state index contributed by atoms with van der Waals surface area (Å²) in [5, 5.41) is 13.3. The summed E-state index contributed by atoms with van der Waals surface area (Å²) in [5.41, 5.74) is 9.98. The zero-order valence-corrected chi connectivity index (χ0v) is 16.0. The summed E-state index contributed by atoms with van der Waals surface area (Å²) in [4.78, 5) is 13.8. The number of hydrogen-bond acceptors (Lipinski definition) is 4. The first-order chi connectivity index (χ1) is 13.7. The Hall–Kier alpha value is -2.67. The van der Waals surface area contributed by atoms with Crippen LogP contribution in [0.15, 0.2) is 30.5 Å². The fourth-order valence-corrected chi connectivity index (χ4v) is 4.56. The Kier molecular flexibility index (Phi) is 4.39. The molecule has 1 amide bonds. The van der Waals surface area contributed by atoms with Crippen LogP contribution in [0.4, 0.5) is 5.69 Å². The highest BCUT2D eigenvalue weighted by molar-refractivity contribution is 5.96. The summed E-state index contributed by atoms with van der Waals surface area (Å²) < 4.78 is 2.07. The van der Waals surface area contributed by atoms with Gasteiger partial charge < -0.3 is 10.6 Å². The topological polar surface area (TPSA) is 92.8 Å². The van der Waals surface area contributed by atoms with Gasteiger partial charge in [-0.3, -0.25) is 9.89 Å². The number of nitrogens with two attached hydrogens (primary N) is 1. The summed E-state index contributed by atoms with van der Waals surface area (Å²) >= 11 is 0. The van der Waals surface area contributed by atoms with Crippen molar-refractivity contribution in [1.82, 2.24) is 20.0 Å². The van der Waals surface area contributed by atoms with E-state index in [9.17, 15) is 4.79 Å². The molecular formula is C21H26N6O. The second-order valence-corrected chi connectivity index (χ2v) is 8.14. The molecule has 3 N–H and O–H groups in total. The molecule has 7 nitrogen and oxygen atoms in total. The number of carbonyl (C=O) groups is 1. The molecule has 0 radical (unpaired) electrons. The molecule has 2 fully saturated rings. The van der Waals surface area contributed by atoms with Gasteiger partial charge in [0.15, 0.2) is 5.65 Å². The van der Waals surface area contributed by atoms with Gasteiger partial charge in [-0.2, -0.15) is 10.2 Å². The lowest BCUT2D eigenvalue weighted by Gasteiger charge is -2.25. The van der Waals surface area contributed by atoms with Gasteiger partial charge >= 0.3 is 0 Å². The molecule has 1 aromatic carbocycles. The molecule has 2 aliphatic rings. The third-order valence-electron chi connectivity index (χ3n) is 6.20. The fourth-order valence-electron chi connectivity index (χ4n) is 4.56. The minimum atomic E-state index is 0.210. The molecule has 1 aliphatic heterocycles. The first-order valence-electron chi connectivity index (χ1n) is 10.3. The minimum Gasteiger partial charge on any atom is -0.328 e. The molecule has 5 rings (SSSR count). The summed E-state index contributed by atoms with van der Waals surface area (Å²) in [7, 11) is 0. The van der Waals surface area contributed by atoms with Crippen LogP contribution in [-0.4, -0.2) is 38.5 Å². The molecule has 1 aliphatic carbocycles. The van der Waals surface area contributed by atoms with Crippen LogP contribution in [0.3, 0.4) is 0 Å². The molecule has 146 valence electrons. The Morgan fingerprint density at radius 1 is 1.14 bits per heavy atom. The quantitative estimate of drug-likeness (QED) is 0.730. The van der Waals surface area contributed by atoms with Crippen molar-refractivity contribution in [2.75, 3.05) is 11.4 Å². The Bertz CT molecular complexity index is 980.